The summed E-state index contributed by atoms with van der Waals surface area (Å²) in [6, 6.07) is 6.75. The van der Waals surface area contributed by atoms with Crippen LogP contribution < -0.4 is 5.32 Å². The molecule has 0 unspecified atom stereocenters. The van der Waals surface area contributed by atoms with Crippen molar-refractivity contribution in [3.63, 3.8) is 0 Å². The number of aromatic nitrogens is 2. The summed E-state index contributed by atoms with van der Waals surface area (Å²) in [7, 11) is 0. The number of nitro groups is 1. The van der Waals surface area contributed by atoms with Crippen molar-refractivity contribution in [2.24, 2.45) is 0 Å². The first-order chi connectivity index (χ1) is 9.11. The van der Waals surface area contributed by atoms with Crippen molar-refractivity contribution in [3.05, 3.63) is 51.8 Å². The monoisotopic (exact) mass is 260 g/mol. The van der Waals surface area contributed by atoms with Crippen LogP contribution >= 0.6 is 0 Å². The number of hydrogen-bond acceptors (Lipinski definition) is 4. The van der Waals surface area contributed by atoms with E-state index < -0.39 is 0 Å². The van der Waals surface area contributed by atoms with E-state index in [1.165, 1.54) is 6.07 Å². The first-order valence-corrected chi connectivity index (χ1v) is 6.11. The largest absolute Gasteiger partial charge is 0.379 e. The molecule has 0 saturated heterocycles. The third kappa shape index (κ3) is 2.90. The van der Waals surface area contributed by atoms with Gasteiger partial charge in [-0.3, -0.25) is 14.8 Å². The normalized spacial score (nSPS) is 10.4. The van der Waals surface area contributed by atoms with Gasteiger partial charge < -0.3 is 5.32 Å². The number of benzene rings is 1. The van der Waals surface area contributed by atoms with Crippen LogP contribution in [0.4, 0.5) is 11.4 Å². The van der Waals surface area contributed by atoms with Gasteiger partial charge in [0.25, 0.3) is 5.69 Å². The summed E-state index contributed by atoms with van der Waals surface area (Å²) in [5.41, 5.74) is 2.90. The van der Waals surface area contributed by atoms with Crippen molar-refractivity contribution in [1.82, 2.24) is 9.78 Å². The van der Waals surface area contributed by atoms with Gasteiger partial charge in [-0.15, -0.1) is 0 Å². The zero-order valence-corrected chi connectivity index (χ0v) is 11.0. The Kier molecular flexibility index (Phi) is 3.79. The molecule has 100 valence electrons. The molecule has 0 aliphatic carbocycles. The second kappa shape index (κ2) is 5.51. The second-order valence-electron chi connectivity index (χ2n) is 4.25. The van der Waals surface area contributed by atoms with Crippen molar-refractivity contribution in [2.45, 2.75) is 26.9 Å². The fourth-order valence-electron chi connectivity index (χ4n) is 1.89. The molecule has 6 nitrogen and oxygen atoms in total. The molecule has 0 aliphatic heterocycles. The molecule has 1 N–H and O–H groups in total. The van der Waals surface area contributed by atoms with Gasteiger partial charge in [-0.25, -0.2) is 0 Å². The lowest BCUT2D eigenvalue weighted by atomic mass is 10.2. The predicted octanol–water partition coefficient (Wildman–Crippen LogP) is 2.73. The van der Waals surface area contributed by atoms with Gasteiger partial charge in [0.05, 0.1) is 17.2 Å². The zero-order valence-electron chi connectivity index (χ0n) is 11.0. The minimum absolute atomic E-state index is 0.0945. The maximum absolute atomic E-state index is 10.8. The standard InChI is InChI=1S/C13H16N4O2/c1-3-16-12(6-7-15-16)9-14-13-8-11(17(18)19)5-4-10(13)2/h4-8,14H,3,9H2,1-2H3. The molecule has 0 atom stereocenters. The van der Waals surface area contributed by atoms with Crippen LogP contribution in [-0.2, 0) is 13.1 Å². The SMILES string of the molecule is CCn1nccc1CNc1cc([N+](=O)[O-])ccc1C. The highest BCUT2D eigenvalue weighted by Gasteiger charge is 2.09. The quantitative estimate of drug-likeness (QED) is 0.662. The zero-order chi connectivity index (χ0) is 13.8. The highest BCUT2D eigenvalue weighted by molar-refractivity contribution is 5.56. The Hall–Kier alpha value is -2.37. The number of rotatable bonds is 5. The number of nitrogens with one attached hydrogen (secondary N) is 1. The first kappa shape index (κ1) is 13.1. The number of nitro benzene ring substituents is 1. The number of hydrogen-bond donors (Lipinski definition) is 1. The van der Waals surface area contributed by atoms with Crippen LogP contribution in [0.2, 0.25) is 0 Å². The van der Waals surface area contributed by atoms with Crippen molar-refractivity contribution in [3.8, 4) is 0 Å². The Bertz CT molecular complexity index is 592. The van der Waals surface area contributed by atoms with E-state index in [0.717, 1.165) is 23.5 Å². The smallest absolute Gasteiger partial charge is 0.271 e. The molecule has 0 spiro atoms. The van der Waals surface area contributed by atoms with E-state index in [1.807, 2.05) is 24.6 Å². The molecule has 1 heterocycles. The van der Waals surface area contributed by atoms with Gasteiger partial charge in [0, 0.05) is 30.6 Å². The molecule has 19 heavy (non-hydrogen) atoms. The molecule has 1 aromatic heterocycles. The highest BCUT2D eigenvalue weighted by Crippen LogP contribution is 2.22. The van der Waals surface area contributed by atoms with Crippen LogP contribution in [0.15, 0.2) is 30.5 Å². The predicted molar refractivity (Wildman–Crippen MR) is 73.1 cm³/mol. The Labute approximate surface area is 111 Å². The molecule has 0 aliphatic rings. The van der Waals surface area contributed by atoms with Crippen LogP contribution in [0.3, 0.4) is 0 Å². The molecular formula is C13H16N4O2. The van der Waals surface area contributed by atoms with Gasteiger partial charge in [0.2, 0.25) is 0 Å². The molecule has 1 aromatic carbocycles. The van der Waals surface area contributed by atoms with E-state index in [9.17, 15) is 10.1 Å². The van der Waals surface area contributed by atoms with Gasteiger partial charge in [-0.2, -0.15) is 5.10 Å². The Morgan fingerprint density at radius 1 is 1.42 bits per heavy atom. The maximum Gasteiger partial charge on any atom is 0.271 e. The van der Waals surface area contributed by atoms with Crippen molar-refractivity contribution >= 4 is 11.4 Å². The second-order valence-corrected chi connectivity index (χ2v) is 4.25. The molecule has 0 amide bonds. The average Bonchev–Trinajstić information content (AvgIpc) is 2.85. The van der Waals surface area contributed by atoms with E-state index in [4.69, 9.17) is 0 Å². The maximum atomic E-state index is 10.8. The van der Waals surface area contributed by atoms with E-state index >= 15 is 0 Å². The molecule has 0 bridgehead atoms. The molecule has 2 aromatic rings. The summed E-state index contributed by atoms with van der Waals surface area (Å²) < 4.78 is 1.89. The van der Waals surface area contributed by atoms with E-state index in [-0.39, 0.29) is 10.6 Å². The Balaban J connectivity index is 2.15. The fourth-order valence-corrected chi connectivity index (χ4v) is 1.89. The molecule has 0 saturated carbocycles. The fraction of sp³-hybridized carbons (Fsp3) is 0.308. The summed E-state index contributed by atoms with van der Waals surface area (Å²) in [5.74, 6) is 0. The van der Waals surface area contributed by atoms with E-state index in [1.54, 1.807) is 18.3 Å². The summed E-state index contributed by atoms with van der Waals surface area (Å²) in [6.07, 6.45) is 1.75. The molecule has 6 heteroatoms. The van der Waals surface area contributed by atoms with Gasteiger partial charge >= 0.3 is 0 Å². The van der Waals surface area contributed by atoms with Gasteiger partial charge in [0.1, 0.15) is 0 Å². The number of anilines is 1. The Morgan fingerprint density at radius 2 is 2.21 bits per heavy atom. The van der Waals surface area contributed by atoms with E-state index in [2.05, 4.69) is 10.4 Å². The minimum Gasteiger partial charge on any atom is -0.379 e. The number of non-ortho nitro benzene ring substituents is 1. The van der Waals surface area contributed by atoms with Crippen molar-refractivity contribution < 1.29 is 4.92 Å². The van der Waals surface area contributed by atoms with Gasteiger partial charge in [-0.1, -0.05) is 6.07 Å². The van der Waals surface area contributed by atoms with Crippen LogP contribution in [0.5, 0.6) is 0 Å². The van der Waals surface area contributed by atoms with Gasteiger partial charge in [-0.05, 0) is 25.5 Å². The van der Waals surface area contributed by atoms with Crippen LogP contribution in [0, 0.1) is 17.0 Å². The molecule has 0 radical (unpaired) electrons. The number of aryl methyl sites for hydroxylation is 2. The lowest BCUT2D eigenvalue weighted by molar-refractivity contribution is -0.384. The third-order valence-electron chi connectivity index (χ3n) is 3.00. The first-order valence-electron chi connectivity index (χ1n) is 6.11. The topological polar surface area (TPSA) is 73.0 Å². The highest BCUT2D eigenvalue weighted by atomic mass is 16.6. The van der Waals surface area contributed by atoms with Crippen LogP contribution in [0.1, 0.15) is 18.2 Å². The van der Waals surface area contributed by atoms with Crippen LogP contribution in [-0.4, -0.2) is 14.7 Å². The number of nitrogens with zero attached hydrogens (tertiary/aromatic N) is 3. The third-order valence-corrected chi connectivity index (χ3v) is 3.00. The minimum atomic E-state index is -0.388. The molecule has 0 fully saturated rings. The summed E-state index contributed by atoms with van der Waals surface area (Å²) >= 11 is 0. The van der Waals surface area contributed by atoms with E-state index in [0.29, 0.717) is 6.54 Å². The van der Waals surface area contributed by atoms with Crippen LogP contribution in [0.25, 0.3) is 0 Å². The van der Waals surface area contributed by atoms with Crippen molar-refractivity contribution in [1.29, 1.82) is 0 Å². The molecule has 2 rings (SSSR count). The lowest BCUT2D eigenvalue weighted by Gasteiger charge is -2.10. The van der Waals surface area contributed by atoms with Crippen molar-refractivity contribution in [2.75, 3.05) is 5.32 Å². The summed E-state index contributed by atoms with van der Waals surface area (Å²) in [4.78, 5) is 10.4. The van der Waals surface area contributed by atoms with Gasteiger partial charge in [0.15, 0.2) is 0 Å². The molecular weight excluding hydrogens is 244 g/mol. The lowest BCUT2D eigenvalue weighted by Crippen LogP contribution is -2.08. The Morgan fingerprint density at radius 3 is 2.89 bits per heavy atom. The summed E-state index contributed by atoms with van der Waals surface area (Å²) in [5, 5.41) is 18.2. The summed E-state index contributed by atoms with van der Waals surface area (Å²) in [6.45, 7) is 5.34. The average molecular weight is 260 g/mol.